The molecule has 0 atom stereocenters. The van der Waals surface area contributed by atoms with Crippen LogP contribution in [-0.4, -0.2) is 23.8 Å². The molecule has 0 unspecified atom stereocenters. The Balaban J connectivity index is 1.70. The second-order valence-electron chi connectivity index (χ2n) is 5.69. The van der Waals surface area contributed by atoms with E-state index in [4.69, 9.17) is 4.74 Å². The molecule has 3 aromatic rings. The summed E-state index contributed by atoms with van der Waals surface area (Å²) in [6.45, 7) is 2.02. The second kappa shape index (κ2) is 8.01. The first-order chi connectivity index (χ1) is 12.6. The number of aryl methyl sites for hydroxylation is 1. The van der Waals surface area contributed by atoms with Gasteiger partial charge in [-0.25, -0.2) is 5.43 Å². The Bertz CT molecular complexity index is 946. The third-order valence-electron chi connectivity index (χ3n) is 3.85. The molecule has 5 nitrogen and oxygen atoms in total. The van der Waals surface area contributed by atoms with E-state index < -0.39 is 0 Å². The summed E-state index contributed by atoms with van der Waals surface area (Å²) < 4.78 is 8.09. The van der Waals surface area contributed by atoms with Crippen molar-refractivity contribution in [3.63, 3.8) is 0 Å². The van der Waals surface area contributed by atoms with Crippen LogP contribution in [-0.2, 0) is 0 Å². The second-order valence-corrected chi connectivity index (χ2v) is 6.61. The topological polar surface area (TPSA) is 55.6 Å². The molecule has 26 heavy (non-hydrogen) atoms. The zero-order valence-corrected chi connectivity index (χ0v) is 16.0. The number of aromatic nitrogens is 1. The van der Waals surface area contributed by atoms with E-state index in [9.17, 15) is 4.79 Å². The van der Waals surface area contributed by atoms with Crippen LogP contribution in [0.5, 0.6) is 5.75 Å². The molecular formula is C20H18BrN3O2. The smallest absolute Gasteiger partial charge is 0.271 e. The minimum absolute atomic E-state index is 0.256. The molecule has 0 spiro atoms. The van der Waals surface area contributed by atoms with Gasteiger partial charge < -0.3 is 9.30 Å². The molecule has 0 aliphatic rings. The Morgan fingerprint density at radius 3 is 2.65 bits per heavy atom. The van der Waals surface area contributed by atoms with Gasteiger partial charge in [0.25, 0.3) is 5.91 Å². The number of methoxy groups -OCH3 is 1. The fraction of sp³-hybridized carbons (Fsp3) is 0.100. The van der Waals surface area contributed by atoms with Gasteiger partial charge in [0.2, 0.25) is 0 Å². The molecule has 2 aromatic carbocycles. The number of carbonyl (C=O) groups excluding carboxylic acids is 1. The van der Waals surface area contributed by atoms with E-state index in [-0.39, 0.29) is 5.91 Å². The Morgan fingerprint density at radius 2 is 1.96 bits per heavy atom. The molecule has 1 N–H and O–H groups in total. The highest BCUT2D eigenvalue weighted by Crippen LogP contribution is 2.18. The highest BCUT2D eigenvalue weighted by molar-refractivity contribution is 9.10. The Labute approximate surface area is 160 Å². The first-order valence-corrected chi connectivity index (χ1v) is 8.78. The van der Waals surface area contributed by atoms with E-state index in [0.717, 1.165) is 27.2 Å². The number of halogens is 1. The average Bonchev–Trinajstić information content (AvgIpc) is 3.02. The molecule has 3 rings (SSSR count). The van der Waals surface area contributed by atoms with Gasteiger partial charge in [-0.1, -0.05) is 22.0 Å². The van der Waals surface area contributed by atoms with E-state index in [2.05, 4.69) is 31.0 Å². The van der Waals surface area contributed by atoms with Crippen LogP contribution in [0.1, 0.15) is 21.6 Å². The van der Waals surface area contributed by atoms with Gasteiger partial charge in [-0.3, -0.25) is 4.79 Å². The van der Waals surface area contributed by atoms with Crippen molar-refractivity contribution in [2.75, 3.05) is 7.11 Å². The van der Waals surface area contributed by atoms with Gasteiger partial charge in [0.15, 0.2) is 0 Å². The zero-order chi connectivity index (χ0) is 18.5. The van der Waals surface area contributed by atoms with Crippen LogP contribution in [0, 0.1) is 6.92 Å². The number of hydrogen-bond donors (Lipinski definition) is 1. The standard InChI is InChI=1S/C20H18BrN3O2/c1-14-10-15(13-24(14)18-6-8-19(26-2)9-7-18)12-22-23-20(25)16-4-3-5-17(21)11-16/h3-13H,1-2H3,(H,23,25)/b22-12-. The first kappa shape index (κ1) is 17.9. The van der Waals surface area contributed by atoms with Crippen molar-refractivity contribution >= 4 is 28.1 Å². The number of amides is 1. The summed E-state index contributed by atoms with van der Waals surface area (Å²) in [6, 6.07) is 17.0. The fourth-order valence-corrected chi connectivity index (χ4v) is 2.95. The van der Waals surface area contributed by atoms with Gasteiger partial charge >= 0.3 is 0 Å². The lowest BCUT2D eigenvalue weighted by atomic mass is 10.2. The first-order valence-electron chi connectivity index (χ1n) is 7.99. The highest BCUT2D eigenvalue weighted by Gasteiger charge is 2.05. The van der Waals surface area contributed by atoms with Gasteiger partial charge in [-0.05, 0) is 55.5 Å². The lowest BCUT2D eigenvalue weighted by molar-refractivity contribution is 0.0955. The van der Waals surface area contributed by atoms with Crippen molar-refractivity contribution in [3.05, 3.63) is 82.1 Å². The van der Waals surface area contributed by atoms with E-state index >= 15 is 0 Å². The number of hydrazone groups is 1. The van der Waals surface area contributed by atoms with Crippen molar-refractivity contribution in [2.24, 2.45) is 5.10 Å². The van der Waals surface area contributed by atoms with Crippen LogP contribution in [0.2, 0.25) is 0 Å². The molecule has 0 radical (unpaired) electrons. The summed E-state index contributed by atoms with van der Waals surface area (Å²) in [5, 5.41) is 4.05. The van der Waals surface area contributed by atoms with Gasteiger partial charge in [0.05, 0.1) is 13.3 Å². The van der Waals surface area contributed by atoms with Crippen molar-refractivity contribution in [2.45, 2.75) is 6.92 Å². The van der Waals surface area contributed by atoms with E-state index in [1.807, 2.05) is 49.5 Å². The number of hydrogen-bond acceptors (Lipinski definition) is 3. The molecule has 1 amide bonds. The molecule has 0 bridgehead atoms. The summed E-state index contributed by atoms with van der Waals surface area (Å²) in [4.78, 5) is 12.1. The Morgan fingerprint density at radius 1 is 1.19 bits per heavy atom. The predicted octanol–water partition coefficient (Wildman–Crippen LogP) is 4.32. The molecule has 0 aliphatic heterocycles. The molecule has 1 aromatic heterocycles. The summed E-state index contributed by atoms with van der Waals surface area (Å²) in [7, 11) is 1.65. The molecule has 0 fully saturated rings. The average molecular weight is 412 g/mol. The summed E-state index contributed by atoms with van der Waals surface area (Å²) in [5.74, 6) is 0.560. The van der Waals surface area contributed by atoms with E-state index in [0.29, 0.717) is 5.56 Å². The third-order valence-corrected chi connectivity index (χ3v) is 4.34. The maximum absolute atomic E-state index is 12.1. The van der Waals surface area contributed by atoms with E-state index in [1.165, 1.54) is 0 Å². The van der Waals surface area contributed by atoms with E-state index in [1.54, 1.807) is 31.5 Å². The summed E-state index contributed by atoms with van der Waals surface area (Å²) in [6.07, 6.45) is 3.59. The predicted molar refractivity (Wildman–Crippen MR) is 106 cm³/mol. The number of nitrogens with one attached hydrogen (secondary N) is 1. The number of nitrogens with zero attached hydrogens (tertiary/aromatic N) is 2. The monoisotopic (exact) mass is 411 g/mol. The van der Waals surface area contributed by atoms with Crippen LogP contribution in [0.25, 0.3) is 5.69 Å². The SMILES string of the molecule is COc1ccc(-n2cc(/C=N\NC(=O)c3cccc(Br)c3)cc2C)cc1. The number of ether oxygens (including phenoxy) is 1. The van der Waals surface area contributed by atoms with Crippen molar-refractivity contribution < 1.29 is 9.53 Å². The quantitative estimate of drug-likeness (QED) is 0.501. The minimum Gasteiger partial charge on any atom is -0.497 e. The van der Waals surface area contributed by atoms with Crippen LogP contribution in [0.4, 0.5) is 0 Å². The molecule has 0 saturated heterocycles. The molecule has 1 heterocycles. The largest absolute Gasteiger partial charge is 0.497 e. The van der Waals surface area contributed by atoms with Crippen LogP contribution < -0.4 is 10.2 Å². The minimum atomic E-state index is -0.256. The summed E-state index contributed by atoms with van der Waals surface area (Å²) >= 11 is 3.35. The van der Waals surface area contributed by atoms with Gasteiger partial charge in [0.1, 0.15) is 5.75 Å². The van der Waals surface area contributed by atoms with Gasteiger partial charge in [-0.15, -0.1) is 0 Å². The summed E-state index contributed by atoms with van der Waals surface area (Å²) in [5.41, 5.74) is 6.08. The fourth-order valence-electron chi connectivity index (χ4n) is 2.55. The molecule has 6 heteroatoms. The van der Waals surface area contributed by atoms with Crippen molar-refractivity contribution in [3.8, 4) is 11.4 Å². The maximum atomic E-state index is 12.1. The maximum Gasteiger partial charge on any atom is 0.271 e. The number of benzene rings is 2. The lowest BCUT2D eigenvalue weighted by Crippen LogP contribution is -2.17. The normalized spacial score (nSPS) is 10.9. The molecule has 132 valence electrons. The zero-order valence-electron chi connectivity index (χ0n) is 14.4. The van der Waals surface area contributed by atoms with Gasteiger partial charge in [-0.2, -0.15) is 5.10 Å². The van der Waals surface area contributed by atoms with Crippen molar-refractivity contribution in [1.29, 1.82) is 0 Å². The molecule has 0 saturated carbocycles. The van der Waals surface area contributed by atoms with Crippen LogP contribution in [0.15, 0.2) is 70.4 Å². The number of carbonyl (C=O) groups is 1. The van der Waals surface area contributed by atoms with Crippen LogP contribution >= 0.6 is 15.9 Å². The Kier molecular flexibility index (Phi) is 5.53. The Hall–Kier alpha value is -2.86. The number of rotatable bonds is 5. The van der Waals surface area contributed by atoms with Crippen LogP contribution in [0.3, 0.4) is 0 Å². The third kappa shape index (κ3) is 4.21. The van der Waals surface area contributed by atoms with Gasteiger partial charge in [0, 0.05) is 33.2 Å². The highest BCUT2D eigenvalue weighted by atomic mass is 79.9. The molecular weight excluding hydrogens is 394 g/mol. The van der Waals surface area contributed by atoms with Crippen molar-refractivity contribution in [1.82, 2.24) is 9.99 Å². The molecule has 0 aliphatic carbocycles. The lowest BCUT2D eigenvalue weighted by Gasteiger charge is -2.06.